The van der Waals surface area contributed by atoms with E-state index in [1.165, 1.54) is 70.7 Å². The molecule has 33 heavy (non-hydrogen) atoms. The normalized spacial score (nSPS) is 28.1. The molecule has 4 aliphatic carbocycles. The summed E-state index contributed by atoms with van der Waals surface area (Å²) >= 11 is 0. The van der Waals surface area contributed by atoms with Gasteiger partial charge in [-0.05, 0) is 98.1 Å². The summed E-state index contributed by atoms with van der Waals surface area (Å²) < 4.78 is 2.66. The van der Waals surface area contributed by atoms with Gasteiger partial charge in [-0.2, -0.15) is 0 Å². The molecule has 4 aromatic rings. The maximum Gasteiger partial charge on any atom is 0.191 e. The smallest absolute Gasteiger partial charge is 0.191 e. The molecule has 0 unspecified atom stereocenters. The molecule has 4 fully saturated rings. The Morgan fingerprint density at radius 1 is 0.667 bits per heavy atom. The van der Waals surface area contributed by atoms with Gasteiger partial charge in [0, 0.05) is 6.54 Å². The maximum absolute atomic E-state index is 2.66. The molecule has 4 aliphatic rings. The summed E-state index contributed by atoms with van der Waals surface area (Å²) in [7, 11) is -0.102. The van der Waals surface area contributed by atoms with E-state index in [4.69, 9.17) is 0 Å². The van der Waals surface area contributed by atoms with Crippen molar-refractivity contribution in [2.75, 3.05) is 0 Å². The van der Waals surface area contributed by atoms with Crippen LogP contribution in [0.4, 0.5) is 0 Å². The van der Waals surface area contributed by atoms with Crippen LogP contribution in [0.2, 0.25) is 0 Å². The first kappa shape index (κ1) is 20.0. The SMILES string of the molecule is c1ccc([S+](c2ccccc2)c2cn(CC34CC5CC(CC(C5)C3)C4)c3ccccc23)cc1. The average molecular weight is 451 g/mol. The van der Waals surface area contributed by atoms with Crippen molar-refractivity contribution in [2.24, 2.45) is 23.2 Å². The van der Waals surface area contributed by atoms with Crippen LogP contribution in [0.25, 0.3) is 10.9 Å². The minimum Gasteiger partial charge on any atom is -0.342 e. The lowest BCUT2D eigenvalue weighted by molar-refractivity contribution is -0.0613. The lowest BCUT2D eigenvalue weighted by atomic mass is 9.49. The van der Waals surface area contributed by atoms with Gasteiger partial charge in [-0.15, -0.1) is 0 Å². The van der Waals surface area contributed by atoms with Gasteiger partial charge in [0.2, 0.25) is 0 Å². The molecule has 0 N–H and O–H groups in total. The van der Waals surface area contributed by atoms with Crippen LogP contribution in [-0.2, 0) is 17.4 Å². The number of nitrogens with zero attached hydrogens (tertiary/aromatic N) is 1. The van der Waals surface area contributed by atoms with E-state index in [2.05, 4.69) is 95.7 Å². The molecular weight excluding hydrogens is 418 g/mol. The van der Waals surface area contributed by atoms with Crippen LogP contribution < -0.4 is 0 Å². The second-order valence-corrected chi connectivity index (χ2v) is 13.0. The second kappa shape index (κ2) is 7.81. The van der Waals surface area contributed by atoms with Gasteiger partial charge in [-0.3, -0.25) is 0 Å². The Morgan fingerprint density at radius 2 is 1.18 bits per heavy atom. The van der Waals surface area contributed by atoms with Gasteiger partial charge in [-0.1, -0.05) is 48.5 Å². The molecule has 1 aromatic heterocycles. The molecule has 0 saturated heterocycles. The Labute approximate surface area is 200 Å². The van der Waals surface area contributed by atoms with Crippen molar-refractivity contribution >= 4 is 21.8 Å². The van der Waals surface area contributed by atoms with Crippen molar-refractivity contribution in [3.63, 3.8) is 0 Å². The largest absolute Gasteiger partial charge is 0.342 e. The molecule has 0 atom stereocenters. The lowest BCUT2D eigenvalue weighted by Crippen LogP contribution is -2.47. The molecule has 0 radical (unpaired) electrons. The van der Waals surface area contributed by atoms with Crippen molar-refractivity contribution in [1.82, 2.24) is 4.57 Å². The van der Waals surface area contributed by atoms with E-state index in [1.807, 2.05) is 0 Å². The highest BCUT2D eigenvalue weighted by molar-refractivity contribution is 7.97. The minimum absolute atomic E-state index is 0.102. The number of rotatable bonds is 5. The number of fused-ring (bicyclic) bond motifs is 1. The topological polar surface area (TPSA) is 4.93 Å². The third kappa shape index (κ3) is 3.46. The second-order valence-electron chi connectivity index (χ2n) is 11.0. The fraction of sp³-hybridized carbons (Fsp3) is 0.355. The summed E-state index contributed by atoms with van der Waals surface area (Å²) in [6.07, 6.45) is 11.5. The van der Waals surface area contributed by atoms with Gasteiger partial charge in [0.25, 0.3) is 0 Å². The zero-order valence-corrected chi connectivity index (χ0v) is 20.0. The monoisotopic (exact) mass is 450 g/mol. The van der Waals surface area contributed by atoms with Crippen LogP contribution in [0, 0.1) is 23.2 Å². The van der Waals surface area contributed by atoms with E-state index in [1.54, 1.807) is 0 Å². The summed E-state index contributed by atoms with van der Waals surface area (Å²) in [6, 6.07) is 31.4. The molecule has 1 heterocycles. The van der Waals surface area contributed by atoms with E-state index in [0.29, 0.717) is 5.41 Å². The van der Waals surface area contributed by atoms with Crippen molar-refractivity contribution in [2.45, 2.75) is 59.8 Å². The molecule has 2 heteroatoms. The number of hydrogen-bond acceptors (Lipinski definition) is 0. The third-order valence-electron chi connectivity index (χ3n) is 8.60. The van der Waals surface area contributed by atoms with Crippen molar-refractivity contribution in [3.05, 3.63) is 91.1 Å². The highest BCUT2D eigenvalue weighted by atomic mass is 32.2. The van der Waals surface area contributed by atoms with Crippen molar-refractivity contribution in [1.29, 1.82) is 0 Å². The Bertz CT molecular complexity index is 1200. The molecular formula is C31H32NS+. The van der Waals surface area contributed by atoms with Gasteiger partial charge < -0.3 is 4.57 Å². The predicted octanol–water partition coefficient (Wildman–Crippen LogP) is 7.95. The molecule has 0 amide bonds. The Morgan fingerprint density at radius 3 is 1.76 bits per heavy atom. The van der Waals surface area contributed by atoms with Gasteiger partial charge in [-0.25, -0.2) is 0 Å². The number of hydrogen-bond donors (Lipinski definition) is 0. The first-order valence-corrected chi connectivity index (χ1v) is 13.9. The number of para-hydroxylation sites is 1. The first-order chi connectivity index (χ1) is 16.3. The van der Waals surface area contributed by atoms with Crippen LogP contribution >= 0.6 is 0 Å². The zero-order chi connectivity index (χ0) is 21.8. The third-order valence-corrected chi connectivity index (χ3v) is 10.9. The van der Waals surface area contributed by atoms with E-state index >= 15 is 0 Å². The van der Waals surface area contributed by atoms with E-state index in [9.17, 15) is 0 Å². The Hall–Kier alpha value is -2.45. The maximum atomic E-state index is 2.66. The molecule has 4 saturated carbocycles. The molecule has 4 bridgehead atoms. The van der Waals surface area contributed by atoms with Gasteiger partial charge in [0.15, 0.2) is 14.7 Å². The quantitative estimate of drug-likeness (QED) is 0.272. The van der Waals surface area contributed by atoms with Crippen LogP contribution in [0.3, 0.4) is 0 Å². The standard InChI is InChI=1S/C31H32NS/c1-3-9-26(10-4-1)33(27-11-5-2-6-12-27)30-21-32(29-14-8-7-13-28(29)30)22-31-18-23-15-24(19-31)17-25(16-23)20-31/h1-14,21,23-25H,15-20,22H2/q+1. The van der Waals surface area contributed by atoms with Crippen LogP contribution in [0.1, 0.15) is 38.5 Å². The fourth-order valence-corrected chi connectivity index (χ4v) is 10.1. The van der Waals surface area contributed by atoms with E-state index in [-0.39, 0.29) is 10.9 Å². The molecule has 166 valence electrons. The van der Waals surface area contributed by atoms with Crippen LogP contribution in [0.15, 0.2) is 106 Å². The fourth-order valence-electron chi connectivity index (χ4n) is 7.85. The van der Waals surface area contributed by atoms with Crippen molar-refractivity contribution < 1.29 is 0 Å². The van der Waals surface area contributed by atoms with Crippen molar-refractivity contribution in [3.8, 4) is 0 Å². The Balaban J connectivity index is 1.35. The summed E-state index contributed by atoms with van der Waals surface area (Å²) in [6.45, 7) is 1.21. The first-order valence-electron chi connectivity index (χ1n) is 12.7. The molecule has 3 aromatic carbocycles. The highest BCUT2D eigenvalue weighted by Crippen LogP contribution is 2.60. The lowest BCUT2D eigenvalue weighted by Gasteiger charge is -2.57. The zero-order valence-electron chi connectivity index (χ0n) is 19.2. The number of benzene rings is 3. The van der Waals surface area contributed by atoms with Gasteiger partial charge in [0.1, 0.15) is 10.9 Å². The highest BCUT2D eigenvalue weighted by Gasteiger charge is 2.51. The summed E-state index contributed by atoms with van der Waals surface area (Å²) in [5, 5.41) is 1.43. The molecule has 0 spiro atoms. The molecule has 8 rings (SSSR count). The summed E-state index contributed by atoms with van der Waals surface area (Å²) in [5.74, 6) is 3.00. The van der Waals surface area contributed by atoms with Gasteiger partial charge in [0.05, 0.1) is 17.1 Å². The minimum atomic E-state index is -0.102. The average Bonchev–Trinajstić information content (AvgIpc) is 3.17. The number of aromatic nitrogens is 1. The Kier molecular flexibility index (Phi) is 4.72. The predicted molar refractivity (Wildman–Crippen MR) is 138 cm³/mol. The molecule has 1 nitrogen and oxygen atoms in total. The van der Waals surface area contributed by atoms with Gasteiger partial charge >= 0.3 is 0 Å². The van der Waals surface area contributed by atoms with Crippen LogP contribution in [-0.4, -0.2) is 4.57 Å². The molecule has 0 aliphatic heterocycles. The van der Waals surface area contributed by atoms with Crippen LogP contribution in [0.5, 0.6) is 0 Å². The summed E-state index contributed by atoms with van der Waals surface area (Å²) in [4.78, 5) is 4.29. The van der Waals surface area contributed by atoms with E-state index in [0.717, 1.165) is 17.8 Å². The van der Waals surface area contributed by atoms with E-state index < -0.39 is 0 Å². The summed E-state index contributed by atoms with van der Waals surface area (Å²) in [5.41, 5.74) is 1.96.